The molecule has 0 fully saturated rings. The van der Waals surface area contributed by atoms with Crippen LogP contribution in [0.15, 0.2) is 58.8 Å². The van der Waals surface area contributed by atoms with Crippen LogP contribution in [-0.2, 0) is 6.42 Å². The van der Waals surface area contributed by atoms with Crippen molar-refractivity contribution >= 4 is 11.4 Å². The van der Waals surface area contributed by atoms with Gasteiger partial charge in [-0.15, -0.1) is 0 Å². The lowest BCUT2D eigenvalue weighted by Gasteiger charge is -2.05. The molecule has 37 heavy (non-hydrogen) atoms. The number of rotatable bonds is 23. The minimum Gasteiger partial charge on any atom is -0.494 e. The van der Waals surface area contributed by atoms with Crippen LogP contribution < -0.4 is 4.74 Å². The quantitative estimate of drug-likeness (QED) is 0.109. The third-order valence-corrected chi connectivity index (χ3v) is 7.14. The third kappa shape index (κ3) is 16.3. The average Bonchev–Trinajstić information content (AvgIpc) is 2.93. The van der Waals surface area contributed by atoms with E-state index in [0.717, 1.165) is 36.6 Å². The molecule has 2 aromatic carbocycles. The van der Waals surface area contributed by atoms with Crippen LogP contribution in [-0.4, -0.2) is 6.61 Å². The van der Waals surface area contributed by atoms with Crippen molar-refractivity contribution in [2.75, 3.05) is 6.61 Å². The molecule has 2 rings (SSSR count). The fourth-order valence-corrected chi connectivity index (χ4v) is 4.70. The molecule has 0 unspecified atom stereocenters. The molecule has 0 aliphatic carbocycles. The molecular weight excluding hydrogens is 452 g/mol. The Kier molecular flexibility index (Phi) is 18.4. The summed E-state index contributed by atoms with van der Waals surface area (Å²) in [4.78, 5) is 0. The highest BCUT2D eigenvalue weighted by Crippen LogP contribution is 2.22. The number of hydrogen-bond acceptors (Lipinski definition) is 3. The summed E-state index contributed by atoms with van der Waals surface area (Å²) in [6.07, 6.45) is 25.8. The molecule has 0 aliphatic heterocycles. The van der Waals surface area contributed by atoms with Crippen LogP contribution in [0.5, 0.6) is 5.75 Å². The summed E-state index contributed by atoms with van der Waals surface area (Å²) < 4.78 is 5.80. The molecular formula is C34H54N2O. The van der Waals surface area contributed by atoms with Crippen molar-refractivity contribution in [3.05, 3.63) is 54.1 Å². The molecule has 0 radical (unpaired) electrons. The van der Waals surface area contributed by atoms with E-state index >= 15 is 0 Å². The maximum absolute atomic E-state index is 5.80. The first-order chi connectivity index (χ1) is 18.3. The second-order valence-corrected chi connectivity index (χ2v) is 10.6. The first kappa shape index (κ1) is 31.1. The number of azo groups is 1. The van der Waals surface area contributed by atoms with Gasteiger partial charge >= 0.3 is 0 Å². The molecule has 0 spiro atoms. The van der Waals surface area contributed by atoms with Crippen LogP contribution in [0.2, 0.25) is 0 Å². The van der Waals surface area contributed by atoms with E-state index in [0.29, 0.717) is 0 Å². The summed E-state index contributed by atoms with van der Waals surface area (Å²) in [5.74, 6) is 0.906. The van der Waals surface area contributed by atoms with Gasteiger partial charge in [0.05, 0.1) is 18.0 Å². The maximum Gasteiger partial charge on any atom is 0.119 e. The number of hydrogen-bond donors (Lipinski definition) is 0. The summed E-state index contributed by atoms with van der Waals surface area (Å²) in [5, 5.41) is 8.78. The van der Waals surface area contributed by atoms with Crippen molar-refractivity contribution in [3.8, 4) is 5.75 Å². The molecule has 2 aromatic rings. The Bertz CT molecular complexity index is 798. The Morgan fingerprint density at radius 3 is 1.35 bits per heavy atom. The lowest BCUT2D eigenvalue weighted by atomic mass is 10.0. The van der Waals surface area contributed by atoms with E-state index in [2.05, 4.69) is 48.3 Å². The van der Waals surface area contributed by atoms with Crippen LogP contribution in [0.1, 0.15) is 135 Å². The molecule has 0 amide bonds. The van der Waals surface area contributed by atoms with Gasteiger partial charge in [-0.1, -0.05) is 129 Å². The second-order valence-electron chi connectivity index (χ2n) is 10.6. The van der Waals surface area contributed by atoms with E-state index < -0.39 is 0 Å². The highest BCUT2D eigenvalue weighted by atomic mass is 16.5. The molecule has 3 nitrogen and oxygen atoms in total. The standard InChI is InChI=1S/C34H54N2O/c1-3-5-7-9-10-11-12-13-14-15-16-17-18-19-21-31-22-24-32(25-23-31)35-36-33-26-28-34(29-27-33)37-30-20-8-6-4-2/h22-29H,3-21,30H2,1-2H3. The van der Waals surface area contributed by atoms with Gasteiger partial charge in [0, 0.05) is 0 Å². The highest BCUT2D eigenvalue weighted by molar-refractivity contribution is 5.43. The van der Waals surface area contributed by atoms with Crippen molar-refractivity contribution in [2.45, 2.75) is 136 Å². The topological polar surface area (TPSA) is 34.0 Å². The van der Waals surface area contributed by atoms with Crippen molar-refractivity contribution in [1.82, 2.24) is 0 Å². The molecule has 0 saturated carbocycles. The van der Waals surface area contributed by atoms with Gasteiger partial charge < -0.3 is 4.74 Å². The van der Waals surface area contributed by atoms with Crippen LogP contribution in [0.25, 0.3) is 0 Å². The van der Waals surface area contributed by atoms with E-state index in [9.17, 15) is 0 Å². The number of ether oxygens (including phenoxy) is 1. The van der Waals surface area contributed by atoms with Crippen LogP contribution in [0, 0.1) is 0 Å². The molecule has 0 saturated heterocycles. The van der Waals surface area contributed by atoms with Crippen molar-refractivity contribution < 1.29 is 4.74 Å². The summed E-state index contributed by atoms with van der Waals surface area (Å²) in [6.45, 7) is 5.30. The Morgan fingerprint density at radius 2 is 0.865 bits per heavy atom. The number of unbranched alkanes of at least 4 members (excludes halogenated alkanes) is 16. The largest absolute Gasteiger partial charge is 0.494 e. The SMILES string of the molecule is CCCCCCCCCCCCCCCCc1ccc(N=Nc2ccc(OCCCCCC)cc2)cc1. The van der Waals surface area contributed by atoms with Gasteiger partial charge in [-0.05, 0) is 61.2 Å². The fraction of sp³-hybridized carbons (Fsp3) is 0.647. The predicted octanol–water partition coefficient (Wildman–Crippen LogP) is 12.1. The fourth-order valence-electron chi connectivity index (χ4n) is 4.70. The molecule has 0 N–H and O–H groups in total. The lowest BCUT2D eigenvalue weighted by molar-refractivity contribution is 0.305. The van der Waals surface area contributed by atoms with Gasteiger partial charge in [0.1, 0.15) is 5.75 Å². The average molecular weight is 507 g/mol. The zero-order valence-electron chi connectivity index (χ0n) is 24.1. The highest BCUT2D eigenvalue weighted by Gasteiger charge is 1.98. The zero-order chi connectivity index (χ0) is 26.2. The van der Waals surface area contributed by atoms with E-state index in [4.69, 9.17) is 4.74 Å². The van der Waals surface area contributed by atoms with E-state index in [-0.39, 0.29) is 0 Å². The zero-order valence-corrected chi connectivity index (χ0v) is 24.1. The van der Waals surface area contributed by atoms with Crippen LogP contribution in [0.3, 0.4) is 0 Å². The maximum atomic E-state index is 5.80. The summed E-state index contributed by atoms with van der Waals surface area (Å²) in [7, 11) is 0. The first-order valence-corrected chi connectivity index (χ1v) is 15.6. The van der Waals surface area contributed by atoms with Gasteiger partial charge in [-0.25, -0.2) is 0 Å². The van der Waals surface area contributed by atoms with Gasteiger partial charge in [-0.3, -0.25) is 0 Å². The molecule has 0 aliphatic rings. The first-order valence-electron chi connectivity index (χ1n) is 15.6. The summed E-state index contributed by atoms with van der Waals surface area (Å²) in [5.41, 5.74) is 3.16. The molecule has 0 bridgehead atoms. The molecule has 0 heterocycles. The Morgan fingerprint density at radius 1 is 0.459 bits per heavy atom. The monoisotopic (exact) mass is 506 g/mol. The molecule has 206 valence electrons. The minimum atomic E-state index is 0.784. The summed E-state index contributed by atoms with van der Waals surface area (Å²) in [6, 6.07) is 16.5. The Labute approximate surface area is 228 Å². The molecule has 3 heteroatoms. The van der Waals surface area contributed by atoms with E-state index in [1.165, 1.54) is 115 Å². The molecule has 0 atom stereocenters. The normalized spacial score (nSPS) is 11.4. The van der Waals surface area contributed by atoms with Crippen molar-refractivity contribution in [2.24, 2.45) is 10.2 Å². The van der Waals surface area contributed by atoms with E-state index in [1.54, 1.807) is 0 Å². The second kappa shape index (κ2) is 21.9. The van der Waals surface area contributed by atoms with Crippen LogP contribution >= 0.6 is 0 Å². The van der Waals surface area contributed by atoms with Gasteiger partial charge in [0.2, 0.25) is 0 Å². The predicted molar refractivity (Wildman–Crippen MR) is 161 cm³/mol. The lowest BCUT2D eigenvalue weighted by Crippen LogP contribution is -1.96. The Balaban J connectivity index is 1.50. The van der Waals surface area contributed by atoms with Crippen molar-refractivity contribution in [1.29, 1.82) is 0 Å². The Hall–Kier alpha value is -2.16. The van der Waals surface area contributed by atoms with E-state index in [1.807, 2.05) is 24.3 Å². The van der Waals surface area contributed by atoms with Crippen LogP contribution in [0.4, 0.5) is 11.4 Å². The third-order valence-electron chi connectivity index (χ3n) is 7.14. The van der Waals surface area contributed by atoms with Crippen molar-refractivity contribution in [3.63, 3.8) is 0 Å². The van der Waals surface area contributed by atoms with Gasteiger partial charge in [0.15, 0.2) is 0 Å². The minimum absolute atomic E-state index is 0.784. The number of nitrogens with zero attached hydrogens (tertiary/aromatic N) is 2. The number of benzene rings is 2. The number of aryl methyl sites for hydroxylation is 1. The smallest absolute Gasteiger partial charge is 0.119 e. The molecule has 0 aromatic heterocycles. The van der Waals surface area contributed by atoms with Gasteiger partial charge in [-0.2, -0.15) is 10.2 Å². The van der Waals surface area contributed by atoms with Gasteiger partial charge in [0.25, 0.3) is 0 Å². The summed E-state index contributed by atoms with van der Waals surface area (Å²) >= 11 is 0.